The van der Waals surface area contributed by atoms with Gasteiger partial charge in [0, 0.05) is 24.7 Å². The number of rotatable bonds is 5. The zero-order chi connectivity index (χ0) is 17.8. The summed E-state index contributed by atoms with van der Waals surface area (Å²) >= 11 is 0. The Morgan fingerprint density at radius 3 is 2.40 bits per heavy atom. The van der Waals surface area contributed by atoms with Gasteiger partial charge in [0.15, 0.2) is 0 Å². The highest BCUT2D eigenvalue weighted by atomic mass is 19.1. The largest absolute Gasteiger partial charge is 0.338 e. The molecule has 0 aromatic heterocycles. The van der Waals surface area contributed by atoms with Crippen LogP contribution in [0.4, 0.5) is 8.78 Å². The van der Waals surface area contributed by atoms with Gasteiger partial charge in [0.2, 0.25) is 0 Å². The predicted octanol–water partition coefficient (Wildman–Crippen LogP) is 3.17. The van der Waals surface area contributed by atoms with Crippen molar-refractivity contribution >= 4 is 5.91 Å². The number of halogens is 2. The highest BCUT2D eigenvalue weighted by molar-refractivity contribution is 5.94. The average molecular weight is 344 g/mol. The summed E-state index contributed by atoms with van der Waals surface area (Å²) in [5.41, 5.74) is 7.96. The molecule has 25 heavy (non-hydrogen) atoms. The maximum atomic E-state index is 13.3. The molecule has 3 rings (SSSR count). The molecule has 1 fully saturated rings. The van der Waals surface area contributed by atoms with Crippen LogP contribution in [0, 0.1) is 17.6 Å². The summed E-state index contributed by atoms with van der Waals surface area (Å²) in [5.74, 6) is -0.883. The number of carbonyl (C=O) groups is 1. The molecule has 1 aliphatic heterocycles. The van der Waals surface area contributed by atoms with Crippen molar-refractivity contribution in [2.45, 2.75) is 19.3 Å². The number of benzene rings is 2. The van der Waals surface area contributed by atoms with Crippen LogP contribution in [0.25, 0.3) is 0 Å². The first-order valence-corrected chi connectivity index (χ1v) is 8.58. The first kappa shape index (κ1) is 17.5. The van der Waals surface area contributed by atoms with Gasteiger partial charge in [0.1, 0.15) is 11.6 Å². The summed E-state index contributed by atoms with van der Waals surface area (Å²) in [4.78, 5) is 14.4. The van der Waals surface area contributed by atoms with Crippen LogP contribution < -0.4 is 5.73 Å². The maximum Gasteiger partial charge on any atom is 0.253 e. The van der Waals surface area contributed by atoms with Crippen LogP contribution in [0.1, 0.15) is 27.9 Å². The lowest BCUT2D eigenvalue weighted by atomic mass is 9.98. The molecule has 1 heterocycles. The molecule has 1 unspecified atom stereocenters. The quantitative estimate of drug-likeness (QED) is 0.906. The fourth-order valence-electron chi connectivity index (χ4n) is 3.41. The van der Waals surface area contributed by atoms with E-state index in [0.717, 1.165) is 24.5 Å². The molecular weight excluding hydrogens is 322 g/mol. The van der Waals surface area contributed by atoms with Crippen LogP contribution >= 0.6 is 0 Å². The average Bonchev–Trinajstić information content (AvgIpc) is 3.02. The molecule has 0 aliphatic carbocycles. The monoisotopic (exact) mass is 344 g/mol. The molecule has 0 radical (unpaired) electrons. The number of nitrogens with two attached hydrogens (primary N) is 1. The Balaban J connectivity index is 1.60. The number of nitrogens with zero attached hydrogens (tertiary/aromatic N) is 1. The minimum absolute atomic E-state index is 0.00669. The van der Waals surface area contributed by atoms with Gasteiger partial charge >= 0.3 is 0 Å². The first-order chi connectivity index (χ1) is 12.0. The van der Waals surface area contributed by atoms with Gasteiger partial charge in [-0.25, -0.2) is 8.78 Å². The van der Waals surface area contributed by atoms with E-state index in [-0.39, 0.29) is 11.8 Å². The van der Waals surface area contributed by atoms with Crippen molar-refractivity contribution in [2.75, 3.05) is 19.6 Å². The third-order valence-electron chi connectivity index (χ3n) is 4.65. The number of likely N-dealkylation sites (tertiary alicyclic amines) is 1. The second-order valence-electron chi connectivity index (χ2n) is 6.62. The van der Waals surface area contributed by atoms with Gasteiger partial charge in [-0.1, -0.05) is 12.1 Å². The second kappa shape index (κ2) is 7.74. The topological polar surface area (TPSA) is 46.3 Å². The van der Waals surface area contributed by atoms with E-state index in [0.29, 0.717) is 37.2 Å². The standard InChI is InChI=1S/C20H22F2N2O/c21-18-10-16(11-19(22)12-18)9-15-6-8-24(13-15)20(25)17-3-1-14(2-4-17)5-7-23/h1-4,10-12,15H,5-9,13,23H2. The van der Waals surface area contributed by atoms with Crippen molar-refractivity contribution in [3.63, 3.8) is 0 Å². The van der Waals surface area contributed by atoms with Gasteiger partial charge in [-0.05, 0) is 67.1 Å². The van der Waals surface area contributed by atoms with E-state index in [4.69, 9.17) is 5.73 Å². The van der Waals surface area contributed by atoms with Gasteiger partial charge in [0.05, 0.1) is 0 Å². The third kappa shape index (κ3) is 4.42. The summed E-state index contributed by atoms with van der Waals surface area (Å²) in [6.45, 7) is 1.87. The second-order valence-corrected chi connectivity index (χ2v) is 6.62. The summed E-state index contributed by atoms with van der Waals surface area (Å²) < 4.78 is 26.6. The zero-order valence-corrected chi connectivity index (χ0v) is 14.1. The highest BCUT2D eigenvalue weighted by Crippen LogP contribution is 2.23. The van der Waals surface area contributed by atoms with Gasteiger partial charge in [-0.15, -0.1) is 0 Å². The smallest absolute Gasteiger partial charge is 0.253 e. The number of hydrogen-bond donors (Lipinski definition) is 1. The lowest BCUT2D eigenvalue weighted by Crippen LogP contribution is -2.29. The lowest BCUT2D eigenvalue weighted by molar-refractivity contribution is 0.0787. The van der Waals surface area contributed by atoms with E-state index in [1.54, 1.807) is 0 Å². The Morgan fingerprint density at radius 2 is 1.76 bits per heavy atom. The summed E-state index contributed by atoms with van der Waals surface area (Å²) in [5, 5.41) is 0. The first-order valence-electron chi connectivity index (χ1n) is 8.58. The van der Waals surface area contributed by atoms with Gasteiger partial charge < -0.3 is 10.6 Å². The Morgan fingerprint density at radius 1 is 1.08 bits per heavy atom. The van der Waals surface area contributed by atoms with Gasteiger partial charge in [-0.3, -0.25) is 4.79 Å². The molecule has 1 atom stereocenters. The molecule has 5 heteroatoms. The van der Waals surface area contributed by atoms with Crippen molar-refractivity contribution in [1.29, 1.82) is 0 Å². The van der Waals surface area contributed by atoms with Crippen molar-refractivity contribution in [2.24, 2.45) is 11.7 Å². The minimum atomic E-state index is -0.557. The van der Waals surface area contributed by atoms with Crippen LogP contribution in [0.2, 0.25) is 0 Å². The molecule has 2 aromatic rings. The van der Waals surface area contributed by atoms with Crippen LogP contribution in [0.15, 0.2) is 42.5 Å². The molecule has 1 saturated heterocycles. The minimum Gasteiger partial charge on any atom is -0.338 e. The van der Waals surface area contributed by atoms with E-state index in [1.165, 1.54) is 12.1 Å². The molecule has 2 aromatic carbocycles. The van der Waals surface area contributed by atoms with E-state index in [9.17, 15) is 13.6 Å². The molecule has 3 nitrogen and oxygen atoms in total. The fourth-order valence-corrected chi connectivity index (χ4v) is 3.41. The summed E-state index contributed by atoms with van der Waals surface area (Å²) in [6, 6.07) is 11.1. The predicted molar refractivity (Wildman–Crippen MR) is 93.3 cm³/mol. The van der Waals surface area contributed by atoms with Crippen LogP contribution in [-0.2, 0) is 12.8 Å². The Hall–Kier alpha value is -2.27. The molecule has 0 spiro atoms. The molecule has 2 N–H and O–H groups in total. The Labute approximate surface area is 146 Å². The Kier molecular flexibility index (Phi) is 5.43. The van der Waals surface area contributed by atoms with E-state index in [1.807, 2.05) is 29.2 Å². The van der Waals surface area contributed by atoms with Crippen LogP contribution in [0.5, 0.6) is 0 Å². The molecule has 1 aliphatic rings. The van der Waals surface area contributed by atoms with Gasteiger partial charge in [-0.2, -0.15) is 0 Å². The molecular formula is C20H22F2N2O. The van der Waals surface area contributed by atoms with Crippen molar-refractivity contribution < 1.29 is 13.6 Å². The normalized spacial score (nSPS) is 17.1. The summed E-state index contributed by atoms with van der Waals surface area (Å²) in [7, 11) is 0. The fraction of sp³-hybridized carbons (Fsp3) is 0.350. The molecule has 132 valence electrons. The zero-order valence-electron chi connectivity index (χ0n) is 14.1. The number of hydrogen-bond acceptors (Lipinski definition) is 2. The van der Waals surface area contributed by atoms with E-state index < -0.39 is 11.6 Å². The number of amides is 1. The van der Waals surface area contributed by atoms with Crippen molar-refractivity contribution in [1.82, 2.24) is 4.90 Å². The Bertz CT molecular complexity index is 726. The van der Waals surface area contributed by atoms with Crippen molar-refractivity contribution in [3.05, 3.63) is 70.8 Å². The highest BCUT2D eigenvalue weighted by Gasteiger charge is 2.27. The molecule has 0 bridgehead atoms. The van der Waals surface area contributed by atoms with E-state index in [2.05, 4.69) is 0 Å². The van der Waals surface area contributed by atoms with Crippen molar-refractivity contribution in [3.8, 4) is 0 Å². The third-order valence-corrected chi connectivity index (χ3v) is 4.65. The van der Waals surface area contributed by atoms with Crippen LogP contribution in [-0.4, -0.2) is 30.4 Å². The van der Waals surface area contributed by atoms with Crippen LogP contribution in [0.3, 0.4) is 0 Å². The van der Waals surface area contributed by atoms with Gasteiger partial charge in [0.25, 0.3) is 5.91 Å². The maximum absolute atomic E-state index is 13.3. The summed E-state index contributed by atoms with van der Waals surface area (Å²) in [6.07, 6.45) is 2.22. The lowest BCUT2D eigenvalue weighted by Gasteiger charge is -2.17. The molecule has 1 amide bonds. The SMILES string of the molecule is NCCc1ccc(C(=O)N2CCC(Cc3cc(F)cc(F)c3)C2)cc1. The number of carbonyl (C=O) groups excluding carboxylic acids is 1. The molecule has 0 saturated carbocycles. The van der Waals surface area contributed by atoms with E-state index >= 15 is 0 Å².